The van der Waals surface area contributed by atoms with Crippen molar-refractivity contribution in [3.8, 4) is 0 Å². The molecule has 3 unspecified atom stereocenters. The Bertz CT molecular complexity index is 452. The first-order valence-corrected chi connectivity index (χ1v) is 8.83. The molecule has 0 heterocycles. The minimum atomic E-state index is -1.27. The van der Waals surface area contributed by atoms with Gasteiger partial charge in [-0.2, -0.15) is 0 Å². The maximum absolute atomic E-state index is 13.9. The highest BCUT2D eigenvalue weighted by Crippen LogP contribution is 2.26. The van der Waals surface area contributed by atoms with Crippen LogP contribution in [0.5, 0.6) is 0 Å². The Labute approximate surface area is 123 Å². The van der Waals surface area contributed by atoms with Crippen molar-refractivity contribution in [3.05, 3.63) is 30.1 Å². The lowest BCUT2D eigenvalue weighted by molar-refractivity contribution is 0.400. The maximum Gasteiger partial charge on any atom is 0.139 e. The van der Waals surface area contributed by atoms with Crippen molar-refractivity contribution in [2.24, 2.45) is 0 Å². The summed E-state index contributed by atoms with van der Waals surface area (Å²) in [6.45, 7) is 2.94. The summed E-state index contributed by atoms with van der Waals surface area (Å²) in [6.07, 6.45) is 6.66. The molecule has 2 rings (SSSR count). The molecule has 3 atom stereocenters. The van der Waals surface area contributed by atoms with Gasteiger partial charge in [-0.3, -0.25) is 4.21 Å². The number of hydrogen-bond donors (Lipinski definition) is 1. The highest BCUT2D eigenvalue weighted by molar-refractivity contribution is 7.85. The molecule has 0 saturated heterocycles. The van der Waals surface area contributed by atoms with Crippen LogP contribution in [-0.4, -0.2) is 22.0 Å². The number of benzene rings is 1. The fraction of sp³-hybridized carbons (Fsp3) is 0.625. The molecule has 1 fully saturated rings. The van der Waals surface area contributed by atoms with Crippen LogP contribution in [0.3, 0.4) is 0 Å². The van der Waals surface area contributed by atoms with Gasteiger partial charge in [0.1, 0.15) is 5.82 Å². The number of hydrogen-bond acceptors (Lipinski definition) is 2. The first-order valence-electron chi connectivity index (χ1n) is 7.62. The summed E-state index contributed by atoms with van der Waals surface area (Å²) in [7, 11) is -1.27. The molecule has 1 aliphatic carbocycles. The van der Waals surface area contributed by atoms with E-state index in [2.05, 4.69) is 12.2 Å². The first-order chi connectivity index (χ1) is 9.74. The van der Waals surface area contributed by atoms with Gasteiger partial charge in [-0.05, 0) is 31.5 Å². The summed E-state index contributed by atoms with van der Waals surface area (Å²) < 4.78 is 26.7. The fourth-order valence-electron chi connectivity index (χ4n) is 2.97. The van der Waals surface area contributed by atoms with E-state index in [-0.39, 0.29) is 17.1 Å². The normalized spacial score (nSPS) is 25.7. The summed E-state index contributed by atoms with van der Waals surface area (Å²) in [4.78, 5) is 0.362. The molecule has 20 heavy (non-hydrogen) atoms. The zero-order valence-corrected chi connectivity index (χ0v) is 12.9. The zero-order valence-electron chi connectivity index (χ0n) is 12.1. The van der Waals surface area contributed by atoms with E-state index in [1.165, 1.54) is 25.3 Å². The zero-order chi connectivity index (χ0) is 14.4. The Morgan fingerprint density at radius 1 is 1.20 bits per heavy atom. The molecular formula is C16H24FNOS. The molecule has 0 bridgehead atoms. The van der Waals surface area contributed by atoms with E-state index in [0.717, 1.165) is 25.8 Å². The second kappa shape index (κ2) is 7.89. The van der Waals surface area contributed by atoms with Gasteiger partial charge in [0, 0.05) is 6.04 Å². The summed E-state index contributed by atoms with van der Waals surface area (Å²) in [6, 6.07) is 6.71. The standard InChI is InChI=1S/C16H24FNOS/c1-2-18-14-10-5-3-4-6-12-16(14)20(19)15-11-8-7-9-13(15)17/h7-9,11,14,16,18H,2-6,10,12H2,1H3. The third-order valence-electron chi connectivity index (χ3n) is 4.00. The van der Waals surface area contributed by atoms with Crippen LogP contribution in [0.25, 0.3) is 0 Å². The van der Waals surface area contributed by atoms with Crippen molar-refractivity contribution in [1.82, 2.24) is 5.32 Å². The second-order valence-corrected chi connectivity index (χ2v) is 7.06. The van der Waals surface area contributed by atoms with Crippen LogP contribution in [0.2, 0.25) is 0 Å². The number of halogens is 1. The Balaban J connectivity index is 2.20. The summed E-state index contributed by atoms with van der Waals surface area (Å²) in [5.41, 5.74) is 0. The number of nitrogens with one attached hydrogen (secondary N) is 1. The Morgan fingerprint density at radius 3 is 2.60 bits per heavy atom. The molecule has 0 aromatic heterocycles. The molecule has 0 aliphatic heterocycles. The van der Waals surface area contributed by atoms with Gasteiger partial charge in [0.25, 0.3) is 0 Å². The monoisotopic (exact) mass is 297 g/mol. The van der Waals surface area contributed by atoms with Gasteiger partial charge in [0.05, 0.1) is 20.9 Å². The van der Waals surface area contributed by atoms with Crippen molar-refractivity contribution in [3.63, 3.8) is 0 Å². The van der Waals surface area contributed by atoms with Crippen LogP contribution in [0.15, 0.2) is 29.2 Å². The van der Waals surface area contributed by atoms with Crippen molar-refractivity contribution in [1.29, 1.82) is 0 Å². The van der Waals surface area contributed by atoms with Crippen LogP contribution < -0.4 is 5.32 Å². The molecule has 0 radical (unpaired) electrons. The van der Waals surface area contributed by atoms with E-state index in [4.69, 9.17) is 0 Å². The van der Waals surface area contributed by atoms with Gasteiger partial charge in [0.15, 0.2) is 0 Å². The van der Waals surface area contributed by atoms with Crippen molar-refractivity contribution in [2.45, 2.75) is 61.6 Å². The average molecular weight is 297 g/mol. The average Bonchev–Trinajstić information content (AvgIpc) is 2.42. The van der Waals surface area contributed by atoms with E-state index in [0.29, 0.717) is 4.90 Å². The van der Waals surface area contributed by atoms with E-state index in [9.17, 15) is 8.60 Å². The lowest BCUT2D eigenvalue weighted by atomic mass is 9.96. The SMILES string of the molecule is CCNC1CCCCCCC1S(=O)c1ccccc1F. The highest BCUT2D eigenvalue weighted by atomic mass is 32.2. The molecule has 2 nitrogen and oxygen atoms in total. The molecular weight excluding hydrogens is 273 g/mol. The predicted octanol–water partition coefficient (Wildman–Crippen LogP) is 3.63. The minimum Gasteiger partial charge on any atom is -0.313 e. The summed E-state index contributed by atoms with van der Waals surface area (Å²) in [5.74, 6) is -0.344. The summed E-state index contributed by atoms with van der Waals surface area (Å²) in [5, 5.41) is 3.48. The number of rotatable bonds is 4. The predicted molar refractivity (Wildman–Crippen MR) is 81.8 cm³/mol. The molecule has 1 aliphatic rings. The van der Waals surface area contributed by atoms with Crippen LogP contribution >= 0.6 is 0 Å². The molecule has 1 N–H and O–H groups in total. The van der Waals surface area contributed by atoms with Gasteiger partial charge < -0.3 is 5.32 Å². The second-order valence-electron chi connectivity index (χ2n) is 5.42. The van der Waals surface area contributed by atoms with Crippen molar-refractivity contribution in [2.75, 3.05) is 6.54 Å². The molecule has 4 heteroatoms. The molecule has 112 valence electrons. The van der Waals surface area contributed by atoms with E-state index < -0.39 is 10.8 Å². The van der Waals surface area contributed by atoms with E-state index in [1.807, 2.05) is 0 Å². The van der Waals surface area contributed by atoms with Gasteiger partial charge in [-0.1, -0.05) is 44.7 Å². The highest BCUT2D eigenvalue weighted by Gasteiger charge is 2.29. The third-order valence-corrected chi connectivity index (χ3v) is 5.88. The van der Waals surface area contributed by atoms with Crippen LogP contribution in [-0.2, 0) is 10.8 Å². The van der Waals surface area contributed by atoms with Gasteiger partial charge in [-0.25, -0.2) is 4.39 Å². The Kier molecular flexibility index (Phi) is 6.17. The van der Waals surface area contributed by atoms with Crippen molar-refractivity contribution < 1.29 is 8.60 Å². The maximum atomic E-state index is 13.9. The lowest BCUT2D eigenvalue weighted by Gasteiger charge is -2.29. The van der Waals surface area contributed by atoms with Crippen molar-refractivity contribution >= 4 is 10.8 Å². The molecule has 1 aromatic rings. The van der Waals surface area contributed by atoms with Crippen LogP contribution in [0.1, 0.15) is 45.4 Å². The van der Waals surface area contributed by atoms with E-state index >= 15 is 0 Å². The van der Waals surface area contributed by atoms with E-state index in [1.54, 1.807) is 18.2 Å². The van der Waals surface area contributed by atoms with Crippen LogP contribution in [0.4, 0.5) is 4.39 Å². The molecule has 1 aromatic carbocycles. The fourth-order valence-corrected chi connectivity index (χ4v) is 4.68. The quantitative estimate of drug-likeness (QED) is 0.919. The Morgan fingerprint density at radius 2 is 1.90 bits per heavy atom. The Hall–Kier alpha value is -0.740. The summed E-state index contributed by atoms with van der Waals surface area (Å²) >= 11 is 0. The molecule has 0 amide bonds. The van der Waals surface area contributed by atoms with Gasteiger partial charge in [-0.15, -0.1) is 0 Å². The van der Waals surface area contributed by atoms with Crippen LogP contribution in [0, 0.1) is 5.82 Å². The topological polar surface area (TPSA) is 29.1 Å². The minimum absolute atomic E-state index is 0.0205. The third kappa shape index (κ3) is 3.89. The smallest absolute Gasteiger partial charge is 0.139 e. The van der Waals surface area contributed by atoms with Gasteiger partial charge >= 0.3 is 0 Å². The molecule has 1 saturated carbocycles. The first kappa shape index (κ1) is 15.6. The van der Waals surface area contributed by atoms with Gasteiger partial charge in [0.2, 0.25) is 0 Å². The lowest BCUT2D eigenvalue weighted by Crippen LogP contribution is -2.43. The molecule has 0 spiro atoms. The largest absolute Gasteiger partial charge is 0.313 e.